The highest BCUT2D eigenvalue weighted by Crippen LogP contribution is 2.26. The second-order valence-corrected chi connectivity index (χ2v) is 7.11. The van der Waals surface area contributed by atoms with Crippen LogP contribution in [0.5, 0.6) is 5.75 Å². The predicted molar refractivity (Wildman–Crippen MR) is 110 cm³/mol. The molecule has 0 radical (unpaired) electrons. The molecular weight excluding hydrogens is 354 g/mol. The van der Waals surface area contributed by atoms with Crippen LogP contribution >= 0.6 is 0 Å². The van der Waals surface area contributed by atoms with Gasteiger partial charge in [0.15, 0.2) is 0 Å². The van der Waals surface area contributed by atoms with Crippen molar-refractivity contribution >= 4 is 17.6 Å². The number of methoxy groups -OCH3 is 1. The normalized spacial score (nSPS) is 14.7. The van der Waals surface area contributed by atoms with E-state index < -0.39 is 0 Å². The van der Waals surface area contributed by atoms with Gasteiger partial charge in [-0.05, 0) is 44.0 Å². The third-order valence-electron chi connectivity index (χ3n) is 4.95. The maximum absolute atomic E-state index is 12.4. The Hall–Kier alpha value is -3.02. The van der Waals surface area contributed by atoms with Gasteiger partial charge in [0, 0.05) is 30.8 Å². The van der Waals surface area contributed by atoms with Crippen molar-refractivity contribution in [2.24, 2.45) is 0 Å². The minimum atomic E-state index is -0.251. The van der Waals surface area contributed by atoms with E-state index in [1.165, 1.54) is 0 Å². The van der Waals surface area contributed by atoms with Gasteiger partial charge in [0.05, 0.1) is 13.2 Å². The third-order valence-corrected chi connectivity index (χ3v) is 4.95. The van der Waals surface area contributed by atoms with Crippen LogP contribution in [0.3, 0.4) is 0 Å². The highest BCUT2D eigenvalue weighted by molar-refractivity contribution is 5.95. The van der Waals surface area contributed by atoms with Crippen molar-refractivity contribution in [3.05, 3.63) is 59.2 Å². The van der Waals surface area contributed by atoms with E-state index in [-0.39, 0.29) is 18.0 Å². The summed E-state index contributed by atoms with van der Waals surface area (Å²) in [6.45, 7) is 5.08. The van der Waals surface area contributed by atoms with E-state index in [0.717, 1.165) is 41.1 Å². The van der Waals surface area contributed by atoms with Crippen LogP contribution in [0.4, 0.5) is 10.5 Å². The van der Waals surface area contributed by atoms with Gasteiger partial charge in [0.1, 0.15) is 5.75 Å². The van der Waals surface area contributed by atoms with Crippen molar-refractivity contribution in [3.63, 3.8) is 0 Å². The van der Waals surface area contributed by atoms with Gasteiger partial charge in [-0.2, -0.15) is 0 Å². The summed E-state index contributed by atoms with van der Waals surface area (Å²) in [4.78, 5) is 26.1. The van der Waals surface area contributed by atoms with Crippen molar-refractivity contribution in [2.75, 3.05) is 18.6 Å². The molecule has 1 aliphatic heterocycles. The Bertz CT molecular complexity index is 866. The molecule has 1 fully saturated rings. The molecule has 148 valence electrons. The monoisotopic (exact) mass is 381 g/mol. The molecule has 0 aromatic heterocycles. The van der Waals surface area contributed by atoms with Crippen LogP contribution in [0, 0.1) is 6.92 Å². The summed E-state index contributed by atoms with van der Waals surface area (Å²) in [5.41, 5.74) is 3.89. The average molecular weight is 381 g/mol. The highest BCUT2D eigenvalue weighted by Gasteiger charge is 2.21. The van der Waals surface area contributed by atoms with Gasteiger partial charge >= 0.3 is 6.03 Å². The topological polar surface area (TPSA) is 70.7 Å². The van der Waals surface area contributed by atoms with Crippen molar-refractivity contribution in [1.29, 1.82) is 0 Å². The van der Waals surface area contributed by atoms with Crippen LogP contribution in [0.25, 0.3) is 0 Å². The zero-order valence-corrected chi connectivity index (χ0v) is 16.6. The summed E-state index contributed by atoms with van der Waals surface area (Å²) in [7, 11) is 1.62. The van der Waals surface area contributed by atoms with Gasteiger partial charge in [0.2, 0.25) is 5.91 Å². The third kappa shape index (κ3) is 4.63. The minimum absolute atomic E-state index is 0.156. The number of aryl methyl sites for hydroxylation is 1. The molecule has 28 heavy (non-hydrogen) atoms. The first-order valence-electron chi connectivity index (χ1n) is 9.56. The summed E-state index contributed by atoms with van der Waals surface area (Å²) < 4.78 is 5.40. The fourth-order valence-electron chi connectivity index (χ4n) is 3.46. The van der Waals surface area contributed by atoms with Crippen LogP contribution in [0.2, 0.25) is 0 Å². The van der Waals surface area contributed by atoms with E-state index in [2.05, 4.69) is 10.6 Å². The number of ether oxygens (including phenoxy) is 1. The van der Waals surface area contributed by atoms with E-state index in [1.807, 2.05) is 56.3 Å². The molecule has 6 heteroatoms. The molecule has 1 aliphatic rings. The van der Waals surface area contributed by atoms with Crippen molar-refractivity contribution in [3.8, 4) is 5.75 Å². The fraction of sp³-hybridized carbons (Fsp3) is 0.364. The number of rotatable bonds is 6. The molecule has 1 saturated heterocycles. The number of carbonyl (C=O) groups excluding carboxylic acids is 2. The van der Waals surface area contributed by atoms with Gasteiger partial charge < -0.3 is 20.3 Å². The Labute approximate surface area is 165 Å². The fourth-order valence-corrected chi connectivity index (χ4v) is 3.46. The second-order valence-electron chi connectivity index (χ2n) is 7.11. The molecule has 0 spiro atoms. The Balaban J connectivity index is 1.59. The maximum Gasteiger partial charge on any atom is 0.315 e. The van der Waals surface area contributed by atoms with Gasteiger partial charge in [-0.25, -0.2) is 4.79 Å². The van der Waals surface area contributed by atoms with E-state index in [4.69, 9.17) is 4.74 Å². The number of benzene rings is 2. The minimum Gasteiger partial charge on any atom is -0.496 e. The first kappa shape index (κ1) is 19.7. The van der Waals surface area contributed by atoms with E-state index >= 15 is 0 Å². The van der Waals surface area contributed by atoms with Crippen molar-refractivity contribution in [2.45, 2.75) is 39.3 Å². The largest absolute Gasteiger partial charge is 0.496 e. The molecule has 2 N–H and O–H groups in total. The quantitative estimate of drug-likeness (QED) is 0.802. The number of urea groups is 1. The summed E-state index contributed by atoms with van der Waals surface area (Å²) in [5, 5.41) is 5.84. The summed E-state index contributed by atoms with van der Waals surface area (Å²) >= 11 is 0. The summed E-state index contributed by atoms with van der Waals surface area (Å²) in [6, 6.07) is 13.2. The van der Waals surface area contributed by atoms with E-state index in [0.29, 0.717) is 13.0 Å². The first-order chi connectivity index (χ1) is 13.5. The Morgan fingerprint density at radius 1 is 1.25 bits per heavy atom. The van der Waals surface area contributed by atoms with E-state index in [1.54, 1.807) is 12.0 Å². The maximum atomic E-state index is 12.4. The lowest BCUT2D eigenvalue weighted by Crippen LogP contribution is -2.36. The zero-order valence-electron chi connectivity index (χ0n) is 16.6. The number of hydrogen-bond acceptors (Lipinski definition) is 3. The lowest BCUT2D eigenvalue weighted by molar-refractivity contribution is -0.117. The Kier molecular flexibility index (Phi) is 6.19. The number of nitrogens with zero attached hydrogens (tertiary/aromatic N) is 1. The van der Waals surface area contributed by atoms with Crippen molar-refractivity contribution < 1.29 is 14.3 Å². The lowest BCUT2D eigenvalue weighted by atomic mass is 10.0. The number of carbonyl (C=O) groups is 2. The Morgan fingerprint density at radius 3 is 2.79 bits per heavy atom. The molecule has 1 heterocycles. The van der Waals surface area contributed by atoms with Crippen LogP contribution in [-0.2, 0) is 11.3 Å². The lowest BCUT2D eigenvalue weighted by Gasteiger charge is -2.19. The number of anilines is 1. The van der Waals surface area contributed by atoms with Gasteiger partial charge in [-0.3, -0.25) is 4.79 Å². The molecule has 0 saturated carbocycles. The van der Waals surface area contributed by atoms with Gasteiger partial charge in [-0.1, -0.05) is 29.8 Å². The van der Waals surface area contributed by atoms with Gasteiger partial charge in [-0.15, -0.1) is 0 Å². The van der Waals surface area contributed by atoms with Gasteiger partial charge in [0.25, 0.3) is 0 Å². The smallest absolute Gasteiger partial charge is 0.315 e. The molecule has 2 aromatic rings. The number of hydrogen-bond donors (Lipinski definition) is 2. The number of nitrogens with one attached hydrogen (secondary N) is 2. The van der Waals surface area contributed by atoms with E-state index in [9.17, 15) is 9.59 Å². The molecule has 3 amide bonds. The molecule has 1 atom stereocenters. The predicted octanol–water partition coefficient (Wildman–Crippen LogP) is 3.69. The molecule has 0 bridgehead atoms. The van der Waals surface area contributed by atoms with Crippen LogP contribution in [0.15, 0.2) is 42.5 Å². The zero-order chi connectivity index (χ0) is 20.1. The summed E-state index contributed by atoms with van der Waals surface area (Å²) in [5.74, 6) is 0.908. The molecule has 3 rings (SSSR count). The molecular formula is C22H27N3O3. The van der Waals surface area contributed by atoms with Crippen LogP contribution in [0.1, 0.15) is 42.5 Å². The SMILES string of the molecule is COc1ccc(C)cc1[C@@H](C)NC(=O)NCc1cccc(N2CCCC2=O)c1. The molecule has 0 unspecified atom stereocenters. The molecule has 2 aromatic carbocycles. The van der Waals surface area contributed by atoms with Crippen molar-refractivity contribution in [1.82, 2.24) is 10.6 Å². The molecule has 6 nitrogen and oxygen atoms in total. The first-order valence-corrected chi connectivity index (χ1v) is 9.56. The van der Waals surface area contributed by atoms with Crippen LogP contribution in [-0.4, -0.2) is 25.6 Å². The highest BCUT2D eigenvalue weighted by atomic mass is 16.5. The standard InChI is InChI=1S/C22H27N3O3/c1-15-9-10-20(28-3)19(12-15)16(2)24-22(27)23-14-17-6-4-7-18(13-17)25-11-5-8-21(25)26/h4,6-7,9-10,12-13,16H,5,8,11,14H2,1-3H3,(H2,23,24,27)/t16-/m1/s1. The molecule has 0 aliphatic carbocycles. The summed E-state index contributed by atoms with van der Waals surface area (Å²) in [6.07, 6.45) is 1.50. The van der Waals surface area contributed by atoms with Crippen LogP contribution < -0.4 is 20.3 Å². The number of amides is 3. The second kappa shape index (κ2) is 8.78. The Morgan fingerprint density at radius 2 is 2.07 bits per heavy atom. The average Bonchev–Trinajstić information content (AvgIpc) is 3.12.